The first-order valence-electron chi connectivity index (χ1n) is 10.9. The van der Waals surface area contributed by atoms with Gasteiger partial charge in [-0.15, -0.1) is 0 Å². The molecule has 1 aromatic rings. The van der Waals surface area contributed by atoms with Crippen molar-refractivity contribution in [1.82, 2.24) is 0 Å². The first-order valence-corrected chi connectivity index (χ1v) is 12.9. The van der Waals surface area contributed by atoms with E-state index in [0.29, 0.717) is 0 Å². The Morgan fingerprint density at radius 2 is 1.36 bits per heavy atom. The summed E-state index contributed by atoms with van der Waals surface area (Å²) in [6, 6.07) is 2.40. The third kappa shape index (κ3) is 5.10. The summed E-state index contributed by atoms with van der Waals surface area (Å²) in [5.41, 5.74) is 5.46. The van der Waals surface area contributed by atoms with Crippen LogP contribution in [0.3, 0.4) is 0 Å². The summed E-state index contributed by atoms with van der Waals surface area (Å²) in [6.45, 7) is 25.1. The van der Waals surface area contributed by atoms with E-state index in [4.69, 9.17) is 13.9 Å². The zero-order chi connectivity index (χ0) is 21.5. The van der Waals surface area contributed by atoms with Crippen molar-refractivity contribution in [2.45, 2.75) is 112 Å². The summed E-state index contributed by atoms with van der Waals surface area (Å²) in [5, 5.41) is 0. The van der Waals surface area contributed by atoms with Crippen molar-refractivity contribution in [2.75, 3.05) is 6.16 Å². The number of hydrogen-bond donors (Lipinski definition) is 0. The van der Waals surface area contributed by atoms with Crippen LogP contribution in [0.25, 0.3) is 0 Å². The number of unbranched alkanes of at least 4 members (excludes halogenated alkanes) is 1. The monoisotopic (exact) mass is 410 g/mol. The van der Waals surface area contributed by atoms with Gasteiger partial charge in [0.15, 0.2) is 0 Å². The molecule has 162 valence electrons. The number of rotatable bonds is 6. The average molecular weight is 411 g/mol. The minimum atomic E-state index is -2.53. The second kappa shape index (κ2) is 7.89. The molecule has 1 aliphatic heterocycles. The van der Waals surface area contributed by atoms with Gasteiger partial charge in [-0.3, -0.25) is 0 Å². The standard InChI is InChI=1S/C24H43O3P/c1-12-14-15-28(26-27-28)25-21-19(23(6,7)8)16-18(22(3,4)5)17(13-2)20(21)24(9,10)11/h16,28H,12-15H2,1-11H3. The molecule has 0 spiro atoms. The van der Waals surface area contributed by atoms with E-state index in [9.17, 15) is 0 Å². The average Bonchev–Trinajstić information content (AvgIpc) is 3.28. The Morgan fingerprint density at radius 3 is 1.71 bits per heavy atom. The van der Waals surface area contributed by atoms with Crippen molar-refractivity contribution >= 4 is 7.94 Å². The van der Waals surface area contributed by atoms with E-state index in [1.165, 1.54) is 22.3 Å². The fourth-order valence-electron chi connectivity index (χ4n) is 3.96. The molecule has 1 heterocycles. The van der Waals surface area contributed by atoms with Crippen molar-refractivity contribution < 1.29 is 13.9 Å². The predicted octanol–water partition coefficient (Wildman–Crippen LogP) is 7.78. The molecule has 0 radical (unpaired) electrons. The zero-order valence-corrected chi connectivity index (χ0v) is 21.1. The molecule has 3 nitrogen and oxygen atoms in total. The van der Waals surface area contributed by atoms with Gasteiger partial charge in [0, 0.05) is 0 Å². The van der Waals surface area contributed by atoms with Gasteiger partial charge >= 0.3 is 174 Å². The predicted molar refractivity (Wildman–Crippen MR) is 123 cm³/mol. The van der Waals surface area contributed by atoms with Gasteiger partial charge in [-0.25, -0.2) is 0 Å². The van der Waals surface area contributed by atoms with E-state index in [2.05, 4.69) is 82.2 Å². The molecule has 0 bridgehead atoms. The van der Waals surface area contributed by atoms with Crippen LogP contribution in [0.4, 0.5) is 0 Å². The van der Waals surface area contributed by atoms with Crippen LogP contribution < -0.4 is 4.52 Å². The summed E-state index contributed by atoms with van der Waals surface area (Å²) in [6.07, 6.45) is 4.07. The Bertz CT molecular complexity index is 699. The number of benzene rings is 1. The van der Waals surface area contributed by atoms with Crippen molar-refractivity contribution in [3.05, 3.63) is 28.3 Å². The van der Waals surface area contributed by atoms with Crippen LogP contribution in [0.15, 0.2) is 6.07 Å². The van der Waals surface area contributed by atoms with E-state index in [1.54, 1.807) is 0 Å². The van der Waals surface area contributed by atoms with E-state index in [0.717, 1.165) is 31.2 Å². The maximum atomic E-state index is 6.73. The van der Waals surface area contributed by atoms with Crippen LogP contribution in [0, 0.1) is 0 Å². The Hall–Kier alpha value is -0.630. The first kappa shape index (κ1) is 23.6. The molecular weight excluding hydrogens is 367 g/mol. The van der Waals surface area contributed by atoms with Crippen molar-refractivity contribution in [1.29, 1.82) is 0 Å². The van der Waals surface area contributed by atoms with Crippen LogP contribution in [0.1, 0.15) is 111 Å². The van der Waals surface area contributed by atoms with Gasteiger partial charge in [-0.1, -0.05) is 0 Å². The zero-order valence-electron chi connectivity index (χ0n) is 20.1. The van der Waals surface area contributed by atoms with Crippen molar-refractivity contribution in [2.24, 2.45) is 0 Å². The van der Waals surface area contributed by atoms with Crippen LogP contribution in [0.5, 0.6) is 5.75 Å². The third-order valence-corrected chi connectivity index (χ3v) is 7.49. The first-order chi connectivity index (χ1) is 12.7. The van der Waals surface area contributed by atoms with Crippen molar-refractivity contribution in [3.63, 3.8) is 0 Å². The molecule has 28 heavy (non-hydrogen) atoms. The Kier molecular flexibility index (Phi) is 6.67. The molecule has 0 N–H and O–H groups in total. The molecule has 0 saturated carbocycles. The van der Waals surface area contributed by atoms with E-state index >= 15 is 0 Å². The fraction of sp³-hybridized carbons (Fsp3) is 0.750. The normalized spacial score (nSPS) is 18.1. The van der Waals surface area contributed by atoms with Gasteiger partial charge in [0.1, 0.15) is 0 Å². The fourth-order valence-corrected chi connectivity index (χ4v) is 5.98. The summed E-state index contributed by atoms with van der Waals surface area (Å²) >= 11 is 0. The van der Waals surface area contributed by atoms with Gasteiger partial charge < -0.3 is 0 Å². The molecule has 2 rings (SSSR count). The maximum absolute atomic E-state index is 6.73. The van der Waals surface area contributed by atoms with Crippen LogP contribution in [-0.4, -0.2) is 6.16 Å². The van der Waals surface area contributed by atoms with Crippen LogP contribution in [0.2, 0.25) is 0 Å². The Balaban J connectivity index is 2.80. The summed E-state index contributed by atoms with van der Waals surface area (Å²) < 4.78 is 17.8. The number of hydrogen-bond acceptors (Lipinski definition) is 3. The van der Waals surface area contributed by atoms with Gasteiger partial charge in [-0.2, -0.15) is 0 Å². The molecule has 0 amide bonds. The van der Waals surface area contributed by atoms with E-state index in [-0.39, 0.29) is 16.2 Å². The SMILES string of the molecule is CCCC[PH]1(Oc2c(C(C)(C)C)cc(C(C)(C)C)c(CC)c2C(C)(C)C)OO1. The van der Waals surface area contributed by atoms with Gasteiger partial charge in [0.05, 0.1) is 0 Å². The molecule has 1 saturated heterocycles. The van der Waals surface area contributed by atoms with Crippen LogP contribution in [-0.2, 0) is 32.0 Å². The molecule has 0 aromatic heterocycles. The second-order valence-corrected chi connectivity index (χ2v) is 13.7. The molecule has 0 unspecified atom stereocenters. The van der Waals surface area contributed by atoms with E-state index in [1.807, 2.05) is 0 Å². The van der Waals surface area contributed by atoms with Gasteiger partial charge in [0.25, 0.3) is 0 Å². The molecule has 0 atom stereocenters. The molecule has 1 aliphatic rings. The Labute approximate surface area is 174 Å². The van der Waals surface area contributed by atoms with Crippen molar-refractivity contribution in [3.8, 4) is 5.75 Å². The van der Waals surface area contributed by atoms with Gasteiger partial charge in [-0.05, 0) is 0 Å². The van der Waals surface area contributed by atoms with Gasteiger partial charge in [0.2, 0.25) is 0 Å². The summed E-state index contributed by atoms with van der Waals surface area (Å²) in [7, 11) is -2.53. The molecule has 1 aromatic carbocycles. The third-order valence-electron chi connectivity index (χ3n) is 5.47. The summed E-state index contributed by atoms with van der Waals surface area (Å²) in [4.78, 5) is 0. The minimum absolute atomic E-state index is 0.0306. The van der Waals surface area contributed by atoms with E-state index < -0.39 is 7.94 Å². The molecule has 0 aliphatic carbocycles. The summed E-state index contributed by atoms with van der Waals surface area (Å²) in [5.74, 6) is 1.02. The second-order valence-electron chi connectivity index (χ2n) is 11.3. The molecule has 1 fully saturated rings. The topological polar surface area (TPSA) is 34.3 Å². The van der Waals surface area contributed by atoms with Crippen LogP contribution >= 0.6 is 7.94 Å². The Morgan fingerprint density at radius 1 is 0.821 bits per heavy atom. The molecular formula is C24H43O3P. The molecule has 4 heteroatoms. The quantitative estimate of drug-likeness (QED) is 0.273.